The van der Waals surface area contributed by atoms with Crippen LogP contribution < -0.4 is 10.2 Å². The van der Waals surface area contributed by atoms with E-state index in [1.165, 1.54) is 5.56 Å². The van der Waals surface area contributed by atoms with Gasteiger partial charge in [0, 0.05) is 37.8 Å². The predicted octanol–water partition coefficient (Wildman–Crippen LogP) is 1.96. The van der Waals surface area contributed by atoms with E-state index in [4.69, 9.17) is 4.74 Å². The van der Waals surface area contributed by atoms with Crippen LogP contribution in [0.15, 0.2) is 6.33 Å². The quantitative estimate of drug-likeness (QED) is 0.837. The maximum absolute atomic E-state index is 12.4. The summed E-state index contributed by atoms with van der Waals surface area (Å²) in [4.78, 5) is 25.5. The Hall–Kier alpha value is -1.89. The summed E-state index contributed by atoms with van der Waals surface area (Å²) in [5, 5.41) is 3.41. The van der Waals surface area contributed by atoms with Gasteiger partial charge in [0.2, 0.25) is 0 Å². The first-order chi connectivity index (χ1) is 11.8. The van der Waals surface area contributed by atoms with Gasteiger partial charge >= 0.3 is 6.09 Å². The highest BCUT2D eigenvalue weighted by Crippen LogP contribution is 2.26. The molecule has 0 aliphatic carbocycles. The minimum absolute atomic E-state index is 0.0816. The molecule has 1 N–H and O–H groups in total. The zero-order valence-electron chi connectivity index (χ0n) is 15.7. The molecule has 0 unspecified atom stereocenters. The second-order valence-electron chi connectivity index (χ2n) is 7.87. The Morgan fingerprint density at radius 3 is 2.84 bits per heavy atom. The van der Waals surface area contributed by atoms with Gasteiger partial charge in [-0.1, -0.05) is 0 Å². The summed E-state index contributed by atoms with van der Waals surface area (Å²) in [6.45, 7) is 11.8. The summed E-state index contributed by atoms with van der Waals surface area (Å²) >= 11 is 0. The highest BCUT2D eigenvalue weighted by Gasteiger charge is 2.32. The van der Waals surface area contributed by atoms with E-state index >= 15 is 0 Å². The first-order valence-electron chi connectivity index (χ1n) is 9.13. The fourth-order valence-corrected chi connectivity index (χ4v) is 3.46. The number of aromatic nitrogens is 2. The normalized spacial score (nSPS) is 21.5. The summed E-state index contributed by atoms with van der Waals surface area (Å²) in [5.41, 5.74) is 1.89. The molecule has 2 aliphatic rings. The van der Waals surface area contributed by atoms with Crippen LogP contribution in [0.1, 0.15) is 45.4 Å². The summed E-state index contributed by atoms with van der Waals surface area (Å²) in [5.74, 6) is 1.03. The number of hydrogen-bond donors (Lipinski definition) is 1. The van der Waals surface area contributed by atoms with E-state index in [2.05, 4.69) is 27.1 Å². The van der Waals surface area contributed by atoms with E-state index in [1.54, 1.807) is 6.33 Å². The molecule has 1 fully saturated rings. The Morgan fingerprint density at radius 2 is 2.12 bits per heavy atom. The number of nitrogens with one attached hydrogen (secondary N) is 1. The van der Waals surface area contributed by atoms with Crippen molar-refractivity contribution >= 4 is 11.9 Å². The maximum Gasteiger partial charge on any atom is 0.410 e. The lowest BCUT2D eigenvalue weighted by Crippen LogP contribution is -2.55. The van der Waals surface area contributed by atoms with Crippen LogP contribution in [0.25, 0.3) is 0 Å². The number of amides is 1. The topological polar surface area (TPSA) is 70.6 Å². The number of rotatable bonds is 1. The number of carbonyl (C=O) groups excluding carboxylic acids is 1. The van der Waals surface area contributed by atoms with Crippen LogP contribution in [0.4, 0.5) is 10.6 Å². The van der Waals surface area contributed by atoms with Crippen molar-refractivity contribution in [1.82, 2.24) is 20.2 Å². The fraction of sp³-hybridized carbons (Fsp3) is 0.722. The molecule has 0 bridgehead atoms. The third-order valence-electron chi connectivity index (χ3n) is 4.64. The molecule has 2 aliphatic heterocycles. The molecule has 3 rings (SSSR count). The third kappa shape index (κ3) is 4.21. The van der Waals surface area contributed by atoms with Gasteiger partial charge in [0.15, 0.2) is 0 Å². The summed E-state index contributed by atoms with van der Waals surface area (Å²) in [6, 6.07) is 0.0816. The molecule has 1 aromatic heterocycles. The lowest BCUT2D eigenvalue weighted by atomic mass is 10.1. The van der Waals surface area contributed by atoms with Crippen LogP contribution >= 0.6 is 0 Å². The van der Waals surface area contributed by atoms with Gasteiger partial charge in [0.1, 0.15) is 17.7 Å². The van der Waals surface area contributed by atoms with Crippen molar-refractivity contribution in [3.8, 4) is 0 Å². The van der Waals surface area contributed by atoms with Gasteiger partial charge in [-0.15, -0.1) is 0 Å². The summed E-state index contributed by atoms with van der Waals surface area (Å²) < 4.78 is 5.53. The Morgan fingerprint density at radius 1 is 1.32 bits per heavy atom. The smallest absolute Gasteiger partial charge is 0.410 e. The number of carbonyl (C=O) groups is 1. The predicted molar refractivity (Wildman–Crippen MR) is 96.7 cm³/mol. The second kappa shape index (κ2) is 7.15. The van der Waals surface area contributed by atoms with E-state index < -0.39 is 5.60 Å². The average molecular weight is 347 g/mol. The van der Waals surface area contributed by atoms with Crippen molar-refractivity contribution in [2.75, 3.05) is 31.1 Å². The molecule has 0 radical (unpaired) electrons. The first-order valence-corrected chi connectivity index (χ1v) is 9.13. The van der Waals surface area contributed by atoms with E-state index in [0.717, 1.165) is 50.5 Å². The first kappa shape index (κ1) is 17.9. The minimum Gasteiger partial charge on any atom is -0.444 e. The molecule has 7 nitrogen and oxygen atoms in total. The summed E-state index contributed by atoms with van der Waals surface area (Å²) in [7, 11) is 0. The molecular weight excluding hydrogens is 318 g/mol. The van der Waals surface area contributed by atoms with Gasteiger partial charge in [-0.2, -0.15) is 0 Å². The zero-order chi connectivity index (χ0) is 18.0. The molecule has 0 aromatic carbocycles. The van der Waals surface area contributed by atoms with E-state index in [0.29, 0.717) is 6.54 Å². The molecule has 7 heteroatoms. The maximum atomic E-state index is 12.4. The lowest BCUT2D eigenvalue weighted by Gasteiger charge is -2.41. The van der Waals surface area contributed by atoms with E-state index in [9.17, 15) is 4.79 Å². The molecule has 1 atom stereocenters. The van der Waals surface area contributed by atoms with Crippen molar-refractivity contribution in [2.45, 2.75) is 58.7 Å². The molecule has 25 heavy (non-hydrogen) atoms. The van der Waals surface area contributed by atoms with Gasteiger partial charge in [0.05, 0.1) is 5.69 Å². The van der Waals surface area contributed by atoms with Crippen molar-refractivity contribution in [3.63, 3.8) is 0 Å². The van der Waals surface area contributed by atoms with Gasteiger partial charge < -0.3 is 19.9 Å². The van der Waals surface area contributed by atoms with Crippen molar-refractivity contribution in [3.05, 3.63) is 17.6 Å². The number of fused-ring (bicyclic) bond motifs is 1. The lowest BCUT2D eigenvalue weighted by molar-refractivity contribution is 0.0158. The molecule has 1 amide bonds. The van der Waals surface area contributed by atoms with Crippen LogP contribution in [-0.2, 0) is 17.7 Å². The number of piperazine rings is 1. The Bertz CT molecular complexity index is 628. The highest BCUT2D eigenvalue weighted by molar-refractivity contribution is 5.69. The van der Waals surface area contributed by atoms with Crippen LogP contribution in [0.3, 0.4) is 0 Å². The Labute approximate surface area is 149 Å². The van der Waals surface area contributed by atoms with Crippen molar-refractivity contribution in [1.29, 1.82) is 0 Å². The Balaban J connectivity index is 1.72. The number of anilines is 1. The minimum atomic E-state index is -0.467. The second-order valence-corrected chi connectivity index (χ2v) is 7.87. The van der Waals surface area contributed by atoms with Crippen LogP contribution in [0.5, 0.6) is 0 Å². The molecular formula is C18H29N5O2. The molecule has 0 spiro atoms. The van der Waals surface area contributed by atoms with Crippen LogP contribution in [0, 0.1) is 0 Å². The van der Waals surface area contributed by atoms with E-state index in [-0.39, 0.29) is 12.1 Å². The van der Waals surface area contributed by atoms with Gasteiger partial charge in [-0.05, 0) is 47.1 Å². The van der Waals surface area contributed by atoms with Gasteiger partial charge in [-0.25, -0.2) is 14.8 Å². The van der Waals surface area contributed by atoms with Crippen molar-refractivity contribution in [2.24, 2.45) is 0 Å². The Kier molecular flexibility index (Phi) is 5.13. The molecule has 1 saturated heterocycles. The molecule has 1 aromatic rings. The van der Waals surface area contributed by atoms with Crippen LogP contribution in [-0.4, -0.2) is 58.8 Å². The molecule has 138 valence electrons. The zero-order valence-corrected chi connectivity index (χ0v) is 15.7. The highest BCUT2D eigenvalue weighted by atomic mass is 16.6. The standard InChI is InChI=1S/C18H29N5O2/c1-13-11-22(8-9-23(13)17(24)25-18(2,3)4)16-14-6-5-7-19-10-15(14)20-12-21-16/h12-13,19H,5-11H2,1-4H3/t13-/m0/s1. The fourth-order valence-electron chi connectivity index (χ4n) is 3.46. The number of ether oxygens (including phenoxy) is 1. The van der Waals surface area contributed by atoms with E-state index in [1.807, 2.05) is 25.7 Å². The monoisotopic (exact) mass is 347 g/mol. The summed E-state index contributed by atoms with van der Waals surface area (Å²) in [6.07, 6.45) is 3.52. The largest absolute Gasteiger partial charge is 0.444 e. The third-order valence-corrected chi connectivity index (χ3v) is 4.64. The molecule has 3 heterocycles. The van der Waals surface area contributed by atoms with Gasteiger partial charge in [-0.3, -0.25) is 0 Å². The number of hydrogen-bond acceptors (Lipinski definition) is 6. The molecule has 0 saturated carbocycles. The van der Waals surface area contributed by atoms with Gasteiger partial charge in [0.25, 0.3) is 0 Å². The number of nitrogens with zero attached hydrogens (tertiary/aromatic N) is 4. The van der Waals surface area contributed by atoms with Crippen molar-refractivity contribution < 1.29 is 9.53 Å². The average Bonchev–Trinajstić information content (AvgIpc) is 2.78. The van der Waals surface area contributed by atoms with Crippen LogP contribution in [0.2, 0.25) is 0 Å². The SMILES string of the molecule is C[C@H]1CN(c2ncnc3c2CCCNC3)CCN1C(=O)OC(C)(C)C.